The third-order valence-electron chi connectivity index (χ3n) is 5.05. The number of methoxy groups -OCH3 is 2. The first-order chi connectivity index (χ1) is 14.1. The fourth-order valence-electron chi connectivity index (χ4n) is 3.50. The first-order valence-electron chi connectivity index (χ1n) is 9.61. The van der Waals surface area contributed by atoms with Crippen molar-refractivity contribution in [3.05, 3.63) is 47.5 Å². The zero-order valence-electron chi connectivity index (χ0n) is 16.8. The Kier molecular flexibility index (Phi) is 5.69. The van der Waals surface area contributed by atoms with Crippen LogP contribution >= 0.6 is 11.3 Å². The number of fused-ring (bicyclic) bond motifs is 1. The number of carbonyl (C=O) groups excluding carboxylic acids is 1. The molecule has 3 aromatic rings. The summed E-state index contributed by atoms with van der Waals surface area (Å²) in [7, 11) is 3.14. The van der Waals surface area contributed by atoms with E-state index in [2.05, 4.69) is 13.0 Å². The van der Waals surface area contributed by atoms with Crippen molar-refractivity contribution in [3.8, 4) is 11.5 Å². The topological polar surface area (TPSA) is 60.9 Å². The summed E-state index contributed by atoms with van der Waals surface area (Å²) in [4.78, 5) is 19.9. The molecule has 2 aromatic carbocycles. The molecule has 0 saturated carbocycles. The summed E-state index contributed by atoms with van der Waals surface area (Å²) in [6.45, 7) is 3.27. The average molecular weight is 413 g/mol. The first kappa shape index (κ1) is 19.7. The molecule has 0 bridgehead atoms. The van der Waals surface area contributed by atoms with Crippen molar-refractivity contribution in [2.45, 2.75) is 25.9 Å². The molecule has 1 aromatic heterocycles. The van der Waals surface area contributed by atoms with Crippen LogP contribution in [0, 0.1) is 6.92 Å². The lowest BCUT2D eigenvalue weighted by atomic mass is 10.1. The number of rotatable bonds is 6. The minimum Gasteiger partial charge on any atom is -0.493 e. The van der Waals surface area contributed by atoms with Gasteiger partial charge in [0, 0.05) is 12.2 Å². The molecule has 1 unspecified atom stereocenters. The number of benzene rings is 2. The van der Waals surface area contributed by atoms with E-state index in [0.29, 0.717) is 28.7 Å². The lowest BCUT2D eigenvalue weighted by molar-refractivity contribution is 0.0917. The molecule has 1 fully saturated rings. The number of anilines is 1. The second kappa shape index (κ2) is 8.39. The number of hydrogen-bond acceptors (Lipinski definition) is 6. The molecule has 152 valence electrons. The zero-order valence-corrected chi connectivity index (χ0v) is 17.6. The highest BCUT2D eigenvalue weighted by Gasteiger charge is 2.27. The van der Waals surface area contributed by atoms with Crippen LogP contribution in [0.4, 0.5) is 5.13 Å². The van der Waals surface area contributed by atoms with Crippen molar-refractivity contribution in [3.63, 3.8) is 0 Å². The molecule has 2 heterocycles. The third kappa shape index (κ3) is 4.06. The van der Waals surface area contributed by atoms with Crippen LogP contribution in [0.2, 0.25) is 0 Å². The van der Waals surface area contributed by atoms with Gasteiger partial charge in [0.15, 0.2) is 16.6 Å². The zero-order chi connectivity index (χ0) is 20.4. The first-order valence-corrected chi connectivity index (χ1v) is 10.4. The Labute approximate surface area is 174 Å². The van der Waals surface area contributed by atoms with Crippen LogP contribution in [0.5, 0.6) is 11.5 Å². The van der Waals surface area contributed by atoms with Crippen molar-refractivity contribution in [1.82, 2.24) is 4.98 Å². The molecule has 4 rings (SSSR count). The van der Waals surface area contributed by atoms with E-state index in [9.17, 15) is 4.79 Å². The fourth-order valence-corrected chi connectivity index (χ4v) is 4.57. The largest absolute Gasteiger partial charge is 0.493 e. The monoisotopic (exact) mass is 412 g/mol. The number of aryl methyl sites for hydroxylation is 1. The summed E-state index contributed by atoms with van der Waals surface area (Å²) in [6.07, 6.45) is 1.98. The van der Waals surface area contributed by atoms with E-state index >= 15 is 0 Å². The van der Waals surface area contributed by atoms with Crippen molar-refractivity contribution in [2.75, 3.05) is 32.3 Å². The van der Waals surface area contributed by atoms with Gasteiger partial charge in [-0.05, 0) is 55.7 Å². The molecular weight excluding hydrogens is 388 g/mol. The molecule has 0 spiro atoms. The Morgan fingerprint density at radius 2 is 2.03 bits per heavy atom. The number of ether oxygens (including phenoxy) is 3. The maximum Gasteiger partial charge on any atom is 0.260 e. The maximum atomic E-state index is 13.5. The summed E-state index contributed by atoms with van der Waals surface area (Å²) in [5.74, 6) is 0.984. The Morgan fingerprint density at radius 3 is 2.76 bits per heavy atom. The van der Waals surface area contributed by atoms with E-state index in [4.69, 9.17) is 19.2 Å². The van der Waals surface area contributed by atoms with E-state index in [1.54, 1.807) is 37.3 Å². The molecule has 0 radical (unpaired) electrons. The molecule has 1 atom stereocenters. The highest BCUT2D eigenvalue weighted by Crippen LogP contribution is 2.33. The van der Waals surface area contributed by atoms with E-state index in [1.807, 2.05) is 12.1 Å². The van der Waals surface area contributed by atoms with Gasteiger partial charge in [-0.3, -0.25) is 9.69 Å². The van der Waals surface area contributed by atoms with Gasteiger partial charge in [0.05, 0.1) is 37.1 Å². The SMILES string of the molecule is COc1ccc(C(=O)N(CC2CCCO2)c2nc3ccc(C)cc3s2)cc1OC. The molecule has 1 aliphatic rings. The highest BCUT2D eigenvalue weighted by molar-refractivity contribution is 7.22. The van der Waals surface area contributed by atoms with Crippen molar-refractivity contribution < 1.29 is 19.0 Å². The van der Waals surface area contributed by atoms with E-state index in [1.165, 1.54) is 16.9 Å². The Morgan fingerprint density at radius 1 is 1.21 bits per heavy atom. The predicted molar refractivity (Wildman–Crippen MR) is 115 cm³/mol. The van der Waals surface area contributed by atoms with Gasteiger partial charge in [0.2, 0.25) is 0 Å². The van der Waals surface area contributed by atoms with Crippen LogP contribution in [0.25, 0.3) is 10.2 Å². The van der Waals surface area contributed by atoms with Crippen molar-refractivity contribution >= 4 is 32.6 Å². The summed E-state index contributed by atoms with van der Waals surface area (Å²) in [6, 6.07) is 11.3. The molecular formula is C22H24N2O4S. The van der Waals surface area contributed by atoms with E-state index < -0.39 is 0 Å². The minimum absolute atomic E-state index is 0.0212. The smallest absolute Gasteiger partial charge is 0.260 e. The Hall–Kier alpha value is -2.64. The van der Waals surface area contributed by atoms with Gasteiger partial charge < -0.3 is 14.2 Å². The van der Waals surface area contributed by atoms with Gasteiger partial charge >= 0.3 is 0 Å². The summed E-state index contributed by atoms with van der Waals surface area (Å²) < 4.78 is 17.5. The third-order valence-corrected chi connectivity index (χ3v) is 6.09. The summed E-state index contributed by atoms with van der Waals surface area (Å²) in [5, 5.41) is 0.681. The molecule has 1 saturated heterocycles. The molecule has 0 aliphatic carbocycles. The number of nitrogens with zero attached hydrogens (tertiary/aromatic N) is 2. The number of hydrogen-bond donors (Lipinski definition) is 0. The summed E-state index contributed by atoms with van der Waals surface area (Å²) >= 11 is 1.53. The van der Waals surface area contributed by atoms with Gasteiger partial charge in [-0.2, -0.15) is 0 Å². The van der Waals surface area contributed by atoms with Crippen molar-refractivity contribution in [1.29, 1.82) is 0 Å². The van der Waals surface area contributed by atoms with E-state index in [0.717, 1.165) is 29.7 Å². The lowest BCUT2D eigenvalue weighted by Crippen LogP contribution is -2.37. The standard InChI is InChI=1S/C22H24N2O4S/c1-14-6-8-17-20(11-14)29-22(23-17)24(13-16-5-4-10-28-16)21(25)15-7-9-18(26-2)19(12-15)27-3/h6-9,11-12,16H,4-5,10,13H2,1-3H3. The highest BCUT2D eigenvalue weighted by atomic mass is 32.1. The molecule has 0 N–H and O–H groups in total. The molecule has 1 aliphatic heterocycles. The lowest BCUT2D eigenvalue weighted by Gasteiger charge is -2.23. The number of aromatic nitrogens is 1. The van der Waals surface area contributed by atoms with Gasteiger partial charge in [-0.25, -0.2) is 4.98 Å². The molecule has 29 heavy (non-hydrogen) atoms. The van der Waals surface area contributed by atoms with Gasteiger partial charge in [0.1, 0.15) is 0 Å². The van der Waals surface area contributed by atoms with Crippen LogP contribution in [-0.2, 0) is 4.74 Å². The quantitative estimate of drug-likeness (QED) is 0.599. The number of thiazole rings is 1. The van der Waals surface area contributed by atoms with Crippen molar-refractivity contribution in [2.24, 2.45) is 0 Å². The van der Waals surface area contributed by atoms with E-state index in [-0.39, 0.29) is 12.0 Å². The van der Waals surface area contributed by atoms with Gasteiger partial charge in [0.25, 0.3) is 5.91 Å². The predicted octanol–water partition coefficient (Wildman–Crippen LogP) is 4.45. The van der Waals surface area contributed by atoms with Gasteiger partial charge in [-0.15, -0.1) is 0 Å². The number of amides is 1. The molecule has 1 amide bonds. The van der Waals surface area contributed by atoms with Crippen LogP contribution < -0.4 is 14.4 Å². The maximum absolute atomic E-state index is 13.5. The van der Waals surface area contributed by atoms with Crippen LogP contribution in [-0.4, -0.2) is 44.4 Å². The number of carbonyl (C=O) groups is 1. The second-order valence-electron chi connectivity index (χ2n) is 7.09. The molecule has 7 heteroatoms. The van der Waals surface area contributed by atoms with Crippen LogP contribution in [0.3, 0.4) is 0 Å². The molecule has 6 nitrogen and oxygen atoms in total. The Bertz CT molecular complexity index is 1030. The fraction of sp³-hybridized carbons (Fsp3) is 0.364. The second-order valence-corrected chi connectivity index (χ2v) is 8.10. The normalized spacial score (nSPS) is 16.2. The summed E-state index contributed by atoms with van der Waals surface area (Å²) in [5.41, 5.74) is 2.59. The average Bonchev–Trinajstić information content (AvgIpc) is 3.40. The van der Waals surface area contributed by atoms with Crippen LogP contribution in [0.1, 0.15) is 28.8 Å². The Balaban J connectivity index is 1.71. The van der Waals surface area contributed by atoms with Crippen LogP contribution in [0.15, 0.2) is 36.4 Å². The minimum atomic E-state index is -0.128. The van der Waals surface area contributed by atoms with Gasteiger partial charge in [-0.1, -0.05) is 17.4 Å².